The number of carbonyl (C=O) groups excluding carboxylic acids is 1. The summed E-state index contributed by atoms with van der Waals surface area (Å²) in [5.74, 6) is -1.43. The highest BCUT2D eigenvalue weighted by atomic mass is 19.1. The fourth-order valence-electron chi connectivity index (χ4n) is 3.01. The molecule has 27 heavy (non-hydrogen) atoms. The summed E-state index contributed by atoms with van der Waals surface area (Å²) in [4.78, 5) is 22.1. The maximum atomic E-state index is 14.4. The minimum Gasteiger partial charge on any atom is -0.464 e. The topological polar surface area (TPSA) is 69.5 Å². The molecule has 0 amide bonds. The first-order valence-corrected chi connectivity index (χ1v) is 8.40. The van der Waals surface area contributed by atoms with Crippen molar-refractivity contribution in [3.05, 3.63) is 70.5 Å². The Bertz CT molecular complexity index is 909. The SMILES string of the molecule is CON=C(C(=O)OC)c1c(F)cccc1CON=C1CCc2ccccc21. The highest BCUT2D eigenvalue weighted by molar-refractivity contribution is 6.43. The monoisotopic (exact) mass is 370 g/mol. The van der Waals surface area contributed by atoms with Crippen molar-refractivity contribution in [3.8, 4) is 0 Å². The Hall–Kier alpha value is -3.22. The number of esters is 1. The van der Waals surface area contributed by atoms with Gasteiger partial charge in [-0.25, -0.2) is 9.18 Å². The molecule has 3 rings (SSSR count). The fraction of sp³-hybridized carbons (Fsp3) is 0.250. The van der Waals surface area contributed by atoms with Crippen molar-refractivity contribution >= 4 is 17.4 Å². The molecule has 0 fully saturated rings. The zero-order valence-corrected chi connectivity index (χ0v) is 15.1. The second-order valence-corrected chi connectivity index (χ2v) is 5.86. The standard InChI is InChI=1S/C20H19FN2O4/c1-25-20(24)19(23-26-2)18-14(7-5-9-16(18)21)12-27-22-17-11-10-13-6-3-4-8-15(13)17/h3-9H,10-12H2,1-2H3. The van der Waals surface area contributed by atoms with E-state index >= 15 is 0 Å². The Labute approximate surface area is 156 Å². The van der Waals surface area contributed by atoms with Crippen LogP contribution in [0.2, 0.25) is 0 Å². The van der Waals surface area contributed by atoms with E-state index in [9.17, 15) is 9.18 Å². The first-order chi connectivity index (χ1) is 13.2. The highest BCUT2D eigenvalue weighted by Crippen LogP contribution is 2.23. The molecule has 0 heterocycles. The number of fused-ring (bicyclic) bond motifs is 1. The third-order valence-corrected chi connectivity index (χ3v) is 4.25. The van der Waals surface area contributed by atoms with Crippen LogP contribution in [0.3, 0.4) is 0 Å². The van der Waals surface area contributed by atoms with Gasteiger partial charge in [-0.05, 0) is 24.5 Å². The van der Waals surface area contributed by atoms with Crippen LogP contribution < -0.4 is 0 Å². The Morgan fingerprint density at radius 1 is 1.11 bits per heavy atom. The smallest absolute Gasteiger partial charge is 0.360 e. The van der Waals surface area contributed by atoms with E-state index in [1.165, 1.54) is 31.9 Å². The lowest BCUT2D eigenvalue weighted by Crippen LogP contribution is -2.21. The van der Waals surface area contributed by atoms with Crippen LogP contribution in [0.5, 0.6) is 0 Å². The van der Waals surface area contributed by atoms with E-state index in [0.717, 1.165) is 24.1 Å². The maximum absolute atomic E-state index is 14.4. The fourth-order valence-corrected chi connectivity index (χ4v) is 3.01. The molecule has 2 aromatic rings. The number of benzene rings is 2. The molecule has 0 bridgehead atoms. The Balaban J connectivity index is 1.84. The molecule has 0 atom stereocenters. The number of ether oxygens (including phenoxy) is 1. The summed E-state index contributed by atoms with van der Waals surface area (Å²) in [6, 6.07) is 12.4. The van der Waals surface area contributed by atoms with Gasteiger partial charge in [0.15, 0.2) is 5.71 Å². The lowest BCUT2D eigenvalue weighted by molar-refractivity contribution is -0.132. The third-order valence-electron chi connectivity index (χ3n) is 4.25. The molecule has 0 saturated heterocycles. The molecule has 1 aliphatic carbocycles. The first kappa shape index (κ1) is 18.6. The molecule has 140 valence electrons. The van der Waals surface area contributed by atoms with Crippen LogP contribution in [0.4, 0.5) is 4.39 Å². The van der Waals surface area contributed by atoms with Crippen LogP contribution >= 0.6 is 0 Å². The molecule has 6 nitrogen and oxygen atoms in total. The number of nitrogens with zero attached hydrogens (tertiary/aromatic N) is 2. The number of carbonyl (C=O) groups is 1. The van der Waals surface area contributed by atoms with Crippen LogP contribution in [0.15, 0.2) is 52.8 Å². The Kier molecular flexibility index (Phi) is 5.80. The average molecular weight is 370 g/mol. The van der Waals surface area contributed by atoms with Gasteiger partial charge in [-0.3, -0.25) is 0 Å². The van der Waals surface area contributed by atoms with Gasteiger partial charge in [-0.15, -0.1) is 0 Å². The number of hydrogen-bond donors (Lipinski definition) is 0. The number of oxime groups is 2. The molecular formula is C20H19FN2O4. The summed E-state index contributed by atoms with van der Waals surface area (Å²) < 4.78 is 19.1. The van der Waals surface area contributed by atoms with Crippen LogP contribution in [0.25, 0.3) is 0 Å². The zero-order chi connectivity index (χ0) is 19.2. The van der Waals surface area contributed by atoms with Gasteiger partial charge in [0.25, 0.3) is 0 Å². The Morgan fingerprint density at radius 3 is 2.70 bits per heavy atom. The first-order valence-electron chi connectivity index (χ1n) is 8.40. The lowest BCUT2D eigenvalue weighted by Gasteiger charge is -2.11. The van der Waals surface area contributed by atoms with Gasteiger partial charge in [-0.2, -0.15) is 0 Å². The predicted molar refractivity (Wildman–Crippen MR) is 98.1 cm³/mol. The summed E-state index contributed by atoms with van der Waals surface area (Å²) in [6.07, 6.45) is 1.70. The van der Waals surface area contributed by atoms with E-state index < -0.39 is 11.8 Å². The van der Waals surface area contributed by atoms with Crippen LogP contribution in [-0.4, -0.2) is 31.6 Å². The van der Waals surface area contributed by atoms with Crippen molar-refractivity contribution < 1.29 is 23.6 Å². The quantitative estimate of drug-likeness (QED) is 0.445. The van der Waals surface area contributed by atoms with Crippen molar-refractivity contribution in [2.24, 2.45) is 10.3 Å². The van der Waals surface area contributed by atoms with Gasteiger partial charge in [0.1, 0.15) is 19.5 Å². The van der Waals surface area contributed by atoms with E-state index in [1.807, 2.05) is 18.2 Å². The summed E-state index contributed by atoms with van der Waals surface area (Å²) >= 11 is 0. The molecule has 0 saturated carbocycles. The molecule has 7 heteroatoms. The number of hydrogen-bond acceptors (Lipinski definition) is 6. The molecule has 2 aromatic carbocycles. The molecule has 0 radical (unpaired) electrons. The minimum absolute atomic E-state index is 0.0293. The average Bonchev–Trinajstić information content (AvgIpc) is 3.09. The summed E-state index contributed by atoms with van der Waals surface area (Å²) in [6.45, 7) is -0.0293. The van der Waals surface area contributed by atoms with E-state index in [2.05, 4.69) is 26.0 Å². The molecule has 0 aromatic heterocycles. The number of methoxy groups -OCH3 is 1. The van der Waals surface area contributed by atoms with Crippen molar-refractivity contribution in [1.82, 2.24) is 0 Å². The second kappa shape index (κ2) is 8.44. The summed E-state index contributed by atoms with van der Waals surface area (Å²) in [5, 5.41) is 7.82. The molecule has 0 N–H and O–H groups in total. The summed E-state index contributed by atoms with van der Waals surface area (Å²) in [5.41, 5.74) is 3.25. The van der Waals surface area contributed by atoms with Crippen LogP contribution in [0.1, 0.15) is 28.7 Å². The van der Waals surface area contributed by atoms with Gasteiger partial charge < -0.3 is 14.4 Å². The predicted octanol–water partition coefficient (Wildman–Crippen LogP) is 3.22. The number of halogens is 1. The third kappa shape index (κ3) is 3.97. The van der Waals surface area contributed by atoms with Gasteiger partial charge in [-0.1, -0.05) is 46.7 Å². The Morgan fingerprint density at radius 2 is 1.93 bits per heavy atom. The maximum Gasteiger partial charge on any atom is 0.360 e. The molecule has 0 spiro atoms. The van der Waals surface area contributed by atoms with Gasteiger partial charge >= 0.3 is 5.97 Å². The van der Waals surface area contributed by atoms with Crippen LogP contribution in [0, 0.1) is 5.82 Å². The molecule has 1 aliphatic rings. The van der Waals surface area contributed by atoms with Crippen molar-refractivity contribution in [2.75, 3.05) is 14.2 Å². The van der Waals surface area contributed by atoms with Gasteiger partial charge in [0.2, 0.25) is 0 Å². The molecular weight excluding hydrogens is 351 g/mol. The van der Waals surface area contributed by atoms with Crippen molar-refractivity contribution in [2.45, 2.75) is 19.4 Å². The second-order valence-electron chi connectivity index (χ2n) is 5.86. The largest absolute Gasteiger partial charge is 0.464 e. The van der Waals surface area contributed by atoms with E-state index in [-0.39, 0.29) is 17.9 Å². The lowest BCUT2D eigenvalue weighted by atomic mass is 10.0. The normalized spacial score (nSPS) is 14.8. The van der Waals surface area contributed by atoms with Gasteiger partial charge in [0.05, 0.1) is 18.4 Å². The number of aryl methyl sites for hydroxylation is 1. The number of rotatable bonds is 6. The van der Waals surface area contributed by atoms with E-state index in [1.54, 1.807) is 6.07 Å². The summed E-state index contributed by atoms with van der Waals surface area (Å²) in [7, 11) is 2.46. The molecule has 0 unspecified atom stereocenters. The highest BCUT2D eigenvalue weighted by Gasteiger charge is 2.24. The van der Waals surface area contributed by atoms with E-state index in [0.29, 0.717) is 5.56 Å². The van der Waals surface area contributed by atoms with Crippen molar-refractivity contribution in [3.63, 3.8) is 0 Å². The molecule has 0 aliphatic heterocycles. The van der Waals surface area contributed by atoms with Crippen molar-refractivity contribution in [1.29, 1.82) is 0 Å². The zero-order valence-electron chi connectivity index (χ0n) is 15.1. The minimum atomic E-state index is -0.806. The van der Waals surface area contributed by atoms with Crippen LogP contribution in [-0.2, 0) is 32.2 Å². The van der Waals surface area contributed by atoms with E-state index in [4.69, 9.17) is 4.84 Å². The van der Waals surface area contributed by atoms with Gasteiger partial charge in [0, 0.05) is 11.1 Å².